The molecule has 0 radical (unpaired) electrons. The molecule has 0 aromatic heterocycles. The van der Waals surface area contributed by atoms with E-state index in [-0.39, 0.29) is 18.6 Å². The summed E-state index contributed by atoms with van der Waals surface area (Å²) in [5.74, 6) is 0.333. The van der Waals surface area contributed by atoms with Crippen LogP contribution in [0.25, 0.3) is 0 Å². The van der Waals surface area contributed by atoms with Gasteiger partial charge in [-0.15, -0.1) is 0 Å². The van der Waals surface area contributed by atoms with Crippen molar-refractivity contribution in [2.45, 2.75) is 39.2 Å². The van der Waals surface area contributed by atoms with Gasteiger partial charge in [0.15, 0.2) is 6.61 Å². The van der Waals surface area contributed by atoms with Crippen LogP contribution in [-0.2, 0) is 16.0 Å². The van der Waals surface area contributed by atoms with Crippen LogP contribution in [0.4, 0.5) is 0 Å². The van der Waals surface area contributed by atoms with Gasteiger partial charge >= 0.3 is 5.97 Å². The zero-order valence-corrected chi connectivity index (χ0v) is 16.4. The minimum absolute atomic E-state index is 0.0199. The Labute approximate surface area is 166 Å². The summed E-state index contributed by atoms with van der Waals surface area (Å²) in [5.41, 5.74) is 2.83. The van der Waals surface area contributed by atoms with E-state index in [2.05, 4.69) is 25.2 Å². The number of benzene rings is 2. The standard InChI is InChI=1S/C23H27NO4/c1-16(2)14-27-19-12-10-18(11-13-19)23(26)28-15-22(25)24-21-9-5-7-17-6-3-4-8-20(17)21/h3-4,6,8,10-13,16,21H,5,7,9,14-15H2,1-2H3,(H,24,25). The van der Waals surface area contributed by atoms with Crippen molar-refractivity contribution in [2.75, 3.05) is 13.2 Å². The maximum Gasteiger partial charge on any atom is 0.338 e. The fourth-order valence-electron chi connectivity index (χ4n) is 3.30. The van der Waals surface area contributed by atoms with Crippen molar-refractivity contribution < 1.29 is 19.1 Å². The highest BCUT2D eigenvalue weighted by atomic mass is 16.5. The minimum atomic E-state index is -0.519. The molecule has 0 fully saturated rings. The van der Waals surface area contributed by atoms with Crippen LogP contribution in [0.3, 0.4) is 0 Å². The molecule has 0 bridgehead atoms. The summed E-state index contributed by atoms with van der Waals surface area (Å²) in [6, 6.07) is 14.9. The molecule has 0 saturated carbocycles. The van der Waals surface area contributed by atoms with Crippen LogP contribution in [0.2, 0.25) is 0 Å². The SMILES string of the molecule is CC(C)COc1ccc(C(=O)OCC(=O)NC2CCCc3ccccc32)cc1. The molecule has 2 aromatic carbocycles. The van der Waals surface area contributed by atoms with Gasteiger partial charge in [0.05, 0.1) is 18.2 Å². The molecule has 1 N–H and O–H groups in total. The van der Waals surface area contributed by atoms with Crippen molar-refractivity contribution in [3.63, 3.8) is 0 Å². The van der Waals surface area contributed by atoms with Crippen LogP contribution in [0, 0.1) is 5.92 Å². The van der Waals surface area contributed by atoms with Crippen LogP contribution in [0.1, 0.15) is 54.2 Å². The van der Waals surface area contributed by atoms with E-state index in [1.165, 1.54) is 5.56 Å². The summed E-state index contributed by atoms with van der Waals surface area (Å²) in [4.78, 5) is 24.4. The molecule has 148 valence electrons. The Morgan fingerprint density at radius 3 is 2.61 bits per heavy atom. The minimum Gasteiger partial charge on any atom is -0.493 e. The molecule has 3 rings (SSSR count). The first-order valence-electron chi connectivity index (χ1n) is 9.80. The Kier molecular flexibility index (Phi) is 6.69. The van der Waals surface area contributed by atoms with Gasteiger partial charge in [-0.1, -0.05) is 38.1 Å². The predicted molar refractivity (Wildman–Crippen MR) is 107 cm³/mol. The first-order valence-corrected chi connectivity index (χ1v) is 9.80. The number of hydrogen-bond acceptors (Lipinski definition) is 4. The average Bonchev–Trinajstić information content (AvgIpc) is 2.71. The first-order chi connectivity index (χ1) is 13.5. The van der Waals surface area contributed by atoms with Crippen LogP contribution >= 0.6 is 0 Å². The van der Waals surface area contributed by atoms with Crippen LogP contribution < -0.4 is 10.1 Å². The summed E-state index contributed by atoms with van der Waals surface area (Å²) in [6.45, 7) is 4.47. The van der Waals surface area contributed by atoms with Crippen molar-refractivity contribution in [3.8, 4) is 5.75 Å². The molecule has 1 unspecified atom stereocenters. The van der Waals surface area contributed by atoms with Gasteiger partial charge in [0, 0.05) is 0 Å². The first kappa shape index (κ1) is 19.9. The second-order valence-electron chi connectivity index (χ2n) is 7.52. The maximum absolute atomic E-state index is 12.3. The summed E-state index contributed by atoms with van der Waals surface area (Å²) >= 11 is 0. The molecule has 1 aliphatic carbocycles. The topological polar surface area (TPSA) is 64.6 Å². The molecule has 0 saturated heterocycles. The van der Waals surface area contributed by atoms with E-state index in [0.29, 0.717) is 23.8 Å². The smallest absolute Gasteiger partial charge is 0.338 e. The molecule has 28 heavy (non-hydrogen) atoms. The largest absolute Gasteiger partial charge is 0.493 e. The van der Waals surface area contributed by atoms with E-state index in [9.17, 15) is 9.59 Å². The molecule has 5 heteroatoms. The number of carbonyl (C=O) groups is 2. The lowest BCUT2D eigenvalue weighted by Crippen LogP contribution is -2.34. The number of fused-ring (bicyclic) bond motifs is 1. The Morgan fingerprint density at radius 1 is 1.11 bits per heavy atom. The highest BCUT2D eigenvalue weighted by Gasteiger charge is 2.21. The zero-order valence-electron chi connectivity index (χ0n) is 16.4. The van der Waals surface area contributed by atoms with E-state index in [1.807, 2.05) is 18.2 Å². The fourth-order valence-corrected chi connectivity index (χ4v) is 3.30. The highest BCUT2D eigenvalue weighted by Crippen LogP contribution is 2.29. The van der Waals surface area contributed by atoms with E-state index in [1.54, 1.807) is 24.3 Å². The molecular formula is C23H27NO4. The Bertz CT molecular complexity index is 814. The third-order valence-electron chi connectivity index (χ3n) is 4.71. The molecule has 0 heterocycles. The van der Waals surface area contributed by atoms with E-state index < -0.39 is 5.97 Å². The second kappa shape index (κ2) is 9.40. The summed E-state index contributed by atoms with van der Waals surface area (Å²) in [5, 5.41) is 2.98. The second-order valence-corrected chi connectivity index (χ2v) is 7.52. The van der Waals surface area contributed by atoms with Gasteiger partial charge in [0.2, 0.25) is 0 Å². The molecule has 0 spiro atoms. The molecule has 1 amide bonds. The molecule has 1 aliphatic rings. The van der Waals surface area contributed by atoms with Crippen molar-refractivity contribution in [3.05, 3.63) is 65.2 Å². The van der Waals surface area contributed by atoms with Gasteiger partial charge in [0.25, 0.3) is 5.91 Å². The van der Waals surface area contributed by atoms with Crippen molar-refractivity contribution >= 4 is 11.9 Å². The van der Waals surface area contributed by atoms with Gasteiger partial charge in [0.1, 0.15) is 5.75 Å². The summed E-state index contributed by atoms with van der Waals surface area (Å²) < 4.78 is 10.8. The Balaban J connectivity index is 1.49. The lowest BCUT2D eigenvalue weighted by atomic mass is 9.88. The number of nitrogens with one attached hydrogen (secondary N) is 1. The lowest BCUT2D eigenvalue weighted by molar-refractivity contribution is -0.125. The third kappa shape index (κ3) is 5.35. The van der Waals surface area contributed by atoms with E-state index in [4.69, 9.17) is 9.47 Å². The fraction of sp³-hybridized carbons (Fsp3) is 0.391. The van der Waals surface area contributed by atoms with Gasteiger partial charge in [-0.2, -0.15) is 0 Å². The van der Waals surface area contributed by atoms with Gasteiger partial charge < -0.3 is 14.8 Å². The highest BCUT2D eigenvalue weighted by molar-refractivity contribution is 5.91. The number of ether oxygens (including phenoxy) is 2. The molecule has 2 aromatic rings. The number of amides is 1. The predicted octanol–water partition coefficient (Wildman–Crippen LogP) is 4.07. The normalized spacial score (nSPS) is 15.6. The van der Waals surface area contributed by atoms with Crippen molar-refractivity contribution in [2.24, 2.45) is 5.92 Å². The van der Waals surface area contributed by atoms with Gasteiger partial charge in [-0.05, 0) is 60.6 Å². The van der Waals surface area contributed by atoms with Crippen LogP contribution in [-0.4, -0.2) is 25.1 Å². The van der Waals surface area contributed by atoms with Crippen LogP contribution in [0.15, 0.2) is 48.5 Å². The number of aryl methyl sites for hydroxylation is 1. The Hall–Kier alpha value is -2.82. The zero-order chi connectivity index (χ0) is 19.9. The Morgan fingerprint density at radius 2 is 1.86 bits per heavy atom. The van der Waals surface area contributed by atoms with Crippen LogP contribution in [0.5, 0.6) is 5.75 Å². The number of carbonyl (C=O) groups excluding carboxylic acids is 2. The molecule has 5 nitrogen and oxygen atoms in total. The average molecular weight is 381 g/mol. The quantitative estimate of drug-likeness (QED) is 0.734. The van der Waals surface area contributed by atoms with Crippen molar-refractivity contribution in [1.29, 1.82) is 0 Å². The lowest BCUT2D eigenvalue weighted by Gasteiger charge is -2.26. The third-order valence-corrected chi connectivity index (χ3v) is 4.71. The number of hydrogen-bond donors (Lipinski definition) is 1. The van der Waals surface area contributed by atoms with Gasteiger partial charge in [-0.3, -0.25) is 4.79 Å². The van der Waals surface area contributed by atoms with E-state index >= 15 is 0 Å². The van der Waals surface area contributed by atoms with Gasteiger partial charge in [-0.25, -0.2) is 4.79 Å². The monoisotopic (exact) mass is 381 g/mol. The van der Waals surface area contributed by atoms with E-state index in [0.717, 1.165) is 24.8 Å². The number of rotatable bonds is 7. The maximum atomic E-state index is 12.3. The molecule has 0 aliphatic heterocycles. The molecular weight excluding hydrogens is 354 g/mol. The van der Waals surface area contributed by atoms with Crippen molar-refractivity contribution in [1.82, 2.24) is 5.32 Å². The number of esters is 1. The molecule has 1 atom stereocenters. The summed E-state index contributed by atoms with van der Waals surface area (Å²) in [7, 11) is 0. The summed E-state index contributed by atoms with van der Waals surface area (Å²) in [6.07, 6.45) is 2.97.